The summed E-state index contributed by atoms with van der Waals surface area (Å²) in [7, 11) is 4.01. The lowest BCUT2D eigenvalue weighted by Crippen LogP contribution is -2.37. The first-order valence-corrected chi connectivity index (χ1v) is 7.88. The fourth-order valence-electron chi connectivity index (χ4n) is 2.41. The average Bonchev–Trinajstić information content (AvgIpc) is 2.92. The molecule has 2 rings (SSSR count). The standard InChI is InChI=1S/C17H25N5O/c1-5-22-16(11-14(2)19-22)17(23)21(10-9-20(3)4)13-15-7-6-8-18-12-15/h6-8,11-12H,5,9-10,13H2,1-4H3. The lowest BCUT2D eigenvalue weighted by Gasteiger charge is -2.24. The highest BCUT2D eigenvalue weighted by molar-refractivity contribution is 5.92. The van der Waals surface area contributed by atoms with Crippen LogP contribution in [0.1, 0.15) is 28.7 Å². The zero-order valence-corrected chi connectivity index (χ0v) is 14.4. The third-order valence-electron chi connectivity index (χ3n) is 3.62. The molecule has 2 aromatic heterocycles. The molecule has 0 fully saturated rings. The number of aromatic nitrogens is 3. The Morgan fingerprint density at radius 2 is 2.09 bits per heavy atom. The van der Waals surface area contributed by atoms with Crippen LogP contribution in [0.25, 0.3) is 0 Å². The maximum absolute atomic E-state index is 13.0. The Morgan fingerprint density at radius 1 is 1.30 bits per heavy atom. The molecule has 2 aromatic rings. The van der Waals surface area contributed by atoms with Crippen molar-refractivity contribution >= 4 is 5.91 Å². The monoisotopic (exact) mass is 315 g/mol. The van der Waals surface area contributed by atoms with E-state index >= 15 is 0 Å². The van der Waals surface area contributed by atoms with Crippen molar-refractivity contribution in [1.82, 2.24) is 24.6 Å². The summed E-state index contributed by atoms with van der Waals surface area (Å²) in [6, 6.07) is 5.74. The van der Waals surface area contributed by atoms with Gasteiger partial charge < -0.3 is 9.80 Å². The van der Waals surface area contributed by atoms with Gasteiger partial charge in [0.05, 0.1) is 5.69 Å². The molecule has 0 atom stereocenters. The third-order valence-corrected chi connectivity index (χ3v) is 3.62. The molecule has 0 aliphatic carbocycles. The second-order valence-corrected chi connectivity index (χ2v) is 5.88. The first-order chi connectivity index (χ1) is 11.0. The van der Waals surface area contributed by atoms with Gasteiger partial charge in [-0.1, -0.05) is 6.07 Å². The SMILES string of the molecule is CCn1nc(C)cc1C(=O)N(CCN(C)C)Cc1cccnc1. The minimum Gasteiger partial charge on any atom is -0.332 e. The van der Waals surface area contributed by atoms with Gasteiger partial charge in [-0.25, -0.2) is 0 Å². The van der Waals surface area contributed by atoms with Gasteiger partial charge in [-0.3, -0.25) is 14.5 Å². The number of nitrogens with zero attached hydrogens (tertiary/aromatic N) is 5. The molecule has 23 heavy (non-hydrogen) atoms. The Balaban J connectivity index is 2.22. The van der Waals surface area contributed by atoms with E-state index in [0.717, 1.165) is 17.8 Å². The predicted molar refractivity (Wildman–Crippen MR) is 90.2 cm³/mol. The van der Waals surface area contributed by atoms with E-state index in [2.05, 4.69) is 15.0 Å². The van der Waals surface area contributed by atoms with Crippen molar-refractivity contribution in [1.29, 1.82) is 0 Å². The second-order valence-electron chi connectivity index (χ2n) is 5.88. The van der Waals surface area contributed by atoms with E-state index < -0.39 is 0 Å². The minimum absolute atomic E-state index is 0.0122. The van der Waals surface area contributed by atoms with Crippen LogP contribution in [0.15, 0.2) is 30.6 Å². The zero-order valence-electron chi connectivity index (χ0n) is 14.4. The number of rotatable bonds is 7. The first kappa shape index (κ1) is 17.1. The Bertz CT molecular complexity index is 636. The number of carbonyl (C=O) groups is 1. The molecule has 1 amide bonds. The van der Waals surface area contributed by atoms with Gasteiger partial charge in [0, 0.05) is 38.6 Å². The quantitative estimate of drug-likeness (QED) is 0.782. The molecule has 2 heterocycles. The summed E-state index contributed by atoms with van der Waals surface area (Å²) in [5, 5.41) is 4.38. The molecule has 0 saturated carbocycles. The van der Waals surface area contributed by atoms with Gasteiger partial charge in [-0.15, -0.1) is 0 Å². The van der Waals surface area contributed by atoms with Crippen molar-refractivity contribution in [3.8, 4) is 0 Å². The van der Waals surface area contributed by atoms with Crippen LogP contribution in [0.5, 0.6) is 0 Å². The Kier molecular flexibility index (Phi) is 5.87. The molecule has 0 aliphatic heterocycles. The van der Waals surface area contributed by atoms with E-state index in [9.17, 15) is 4.79 Å². The third kappa shape index (κ3) is 4.63. The summed E-state index contributed by atoms with van der Waals surface area (Å²) in [5.74, 6) is 0.0122. The molecule has 124 valence electrons. The molecule has 0 N–H and O–H groups in total. The number of hydrogen-bond donors (Lipinski definition) is 0. The largest absolute Gasteiger partial charge is 0.332 e. The van der Waals surface area contributed by atoms with Crippen LogP contribution in [0.4, 0.5) is 0 Å². The number of hydrogen-bond acceptors (Lipinski definition) is 4. The van der Waals surface area contributed by atoms with Crippen molar-refractivity contribution in [2.75, 3.05) is 27.2 Å². The fraction of sp³-hybridized carbons (Fsp3) is 0.471. The van der Waals surface area contributed by atoms with Gasteiger partial charge in [0.1, 0.15) is 5.69 Å². The van der Waals surface area contributed by atoms with Gasteiger partial charge in [-0.05, 0) is 45.6 Å². The summed E-state index contributed by atoms with van der Waals surface area (Å²) in [4.78, 5) is 21.1. The van der Waals surface area contributed by atoms with E-state index in [1.54, 1.807) is 17.1 Å². The lowest BCUT2D eigenvalue weighted by atomic mass is 10.2. The fourth-order valence-corrected chi connectivity index (χ4v) is 2.41. The van der Waals surface area contributed by atoms with Crippen LogP contribution in [0.2, 0.25) is 0 Å². The number of likely N-dealkylation sites (N-methyl/N-ethyl adjacent to an activating group) is 1. The second kappa shape index (κ2) is 7.87. The number of aryl methyl sites for hydroxylation is 2. The van der Waals surface area contributed by atoms with Gasteiger partial charge in [0.25, 0.3) is 5.91 Å². The molecule has 0 unspecified atom stereocenters. The summed E-state index contributed by atoms with van der Waals surface area (Å²) in [5.41, 5.74) is 2.54. The van der Waals surface area contributed by atoms with Gasteiger partial charge >= 0.3 is 0 Å². The van der Waals surface area contributed by atoms with Crippen molar-refractivity contribution in [3.05, 3.63) is 47.5 Å². The van der Waals surface area contributed by atoms with Gasteiger partial charge in [-0.2, -0.15) is 5.10 Å². The van der Waals surface area contributed by atoms with E-state index in [-0.39, 0.29) is 5.91 Å². The lowest BCUT2D eigenvalue weighted by molar-refractivity contribution is 0.0719. The van der Waals surface area contributed by atoms with E-state index in [0.29, 0.717) is 25.3 Å². The summed E-state index contributed by atoms with van der Waals surface area (Å²) in [6.07, 6.45) is 3.54. The van der Waals surface area contributed by atoms with Crippen LogP contribution in [-0.4, -0.2) is 57.7 Å². The number of carbonyl (C=O) groups excluding carboxylic acids is 1. The maximum atomic E-state index is 13.0. The molecule has 0 saturated heterocycles. The molecule has 0 radical (unpaired) electrons. The maximum Gasteiger partial charge on any atom is 0.272 e. The van der Waals surface area contributed by atoms with Crippen molar-refractivity contribution < 1.29 is 4.79 Å². The minimum atomic E-state index is 0.0122. The Labute approximate surface area is 137 Å². The van der Waals surface area contributed by atoms with E-state index in [1.807, 2.05) is 51.0 Å². The van der Waals surface area contributed by atoms with Crippen LogP contribution in [0.3, 0.4) is 0 Å². The highest BCUT2D eigenvalue weighted by atomic mass is 16.2. The molecule has 0 bridgehead atoms. The predicted octanol–water partition coefficient (Wildman–Crippen LogP) is 1.81. The molecular weight excluding hydrogens is 290 g/mol. The van der Waals surface area contributed by atoms with Crippen LogP contribution in [-0.2, 0) is 13.1 Å². The van der Waals surface area contributed by atoms with Crippen molar-refractivity contribution in [2.24, 2.45) is 0 Å². The Morgan fingerprint density at radius 3 is 2.70 bits per heavy atom. The van der Waals surface area contributed by atoms with Crippen LogP contribution in [0, 0.1) is 6.92 Å². The van der Waals surface area contributed by atoms with E-state index in [1.165, 1.54) is 0 Å². The molecule has 0 aromatic carbocycles. The van der Waals surface area contributed by atoms with Crippen molar-refractivity contribution in [3.63, 3.8) is 0 Å². The average molecular weight is 315 g/mol. The van der Waals surface area contributed by atoms with Gasteiger partial charge in [0.15, 0.2) is 0 Å². The highest BCUT2D eigenvalue weighted by Gasteiger charge is 2.20. The van der Waals surface area contributed by atoms with Crippen molar-refractivity contribution in [2.45, 2.75) is 26.9 Å². The summed E-state index contributed by atoms with van der Waals surface area (Å²) < 4.78 is 1.77. The zero-order chi connectivity index (χ0) is 16.8. The normalized spacial score (nSPS) is 11.0. The van der Waals surface area contributed by atoms with Crippen LogP contribution >= 0.6 is 0 Å². The summed E-state index contributed by atoms with van der Waals surface area (Å²) in [6.45, 7) is 6.61. The molecule has 0 spiro atoms. The molecule has 6 heteroatoms. The van der Waals surface area contributed by atoms with E-state index in [4.69, 9.17) is 0 Å². The topological polar surface area (TPSA) is 54.3 Å². The molecule has 6 nitrogen and oxygen atoms in total. The van der Waals surface area contributed by atoms with Crippen LogP contribution < -0.4 is 0 Å². The highest BCUT2D eigenvalue weighted by Crippen LogP contribution is 2.11. The number of pyridine rings is 1. The molecular formula is C17H25N5O. The molecule has 0 aliphatic rings. The summed E-state index contributed by atoms with van der Waals surface area (Å²) >= 11 is 0. The Hall–Kier alpha value is -2.21. The smallest absolute Gasteiger partial charge is 0.272 e. The van der Waals surface area contributed by atoms with Gasteiger partial charge in [0.2, 0.25) is 0 Å². The number of amides is 1. The first-order valence-electron chi connectivity index (χ1n) is 7.88.